The number of aromatic nitrogens is 2. The summed E-state index contributed by atoms with van der Waals surface area (Å²) in [4.78, 5) is 6.77. The first-order chi connectivity index (χ1) is 11.1. The third-order valence-electron chi connectivity index (χ3n) is 3.94. The highest BCUT2D eigenvalue weighted by atomic mass is 79.9. The smallest absolute Gasteiger partial charge is 0.258 e. The summed E-state index contributed by atoms with van der Waals surface area (Å²) in [7, 11) is 5.27. The molecule has 1 unspecified atom stereocenters. The molecule has 2 heterocycles. The lowest BCUT2D eigenvalue weighted by Gasteiger charge is -2.30. The van der Waals surface area contributed by atoms with E-state index in [0.717, 1.165) is 29.7 Å². The predicted octanol–water partition coefficient (Wildman–Crippen LogP) is 2.51. The van der Waals surface area contributed by atoms with E-state index in [-0.39, 0.29) is 18.4 Å². The summed E-state index contributed by atoms with van der Waals surface area (Å²) in [6, 6.07) is 3.79. The zero-order chi connectivity index (χ0) is 16.4. The van der Waals surface area contributed by atoms with Gasteiger partial charge in [0.25, 0.3) is 5.89 Å². The van der Waals surface area contributed by atoms with Gasteiger partial charge in [-0.2, -0.15) is 4.98 Å². The Morgan fingerprint density at radius 1 is 1.29 bits per heavy atom. The Balaban J connectivity index is 0.00000208. The van der Waals surface area contributed by atoms with Gasteiger partial charge >= 0.3 is 0 Å². The second-order valence-corrected chi connectivity index (χ2v) is 6.15. The molecular weight excluding hydrogens is 400 g/mol. The minimum absolute atomic E-state index is 0. The van der Waals surface area contributed by atoms with Gasteiger partial charge in [-0.05, 0) is 35.1 Å². The summed E-state index contributed by atoms with van der Waals surface area (Å²) in [6.45, 7) is 2.73. The predicted molar refractivity (Wildman–Crippen MR) is 96.0 cm³/mol. The molecule has 1 atom stereocenters. The summed E-state index contributed by atoms with van der Waals surface area (Å²) in [5.74, 6) is 2.42. The SMILES string of the molecule is COc1cc(-c2nc(C3CNCCN3C)no2)cc(OC)c1Br.Cl. The van der Waals surface area contributed by atoms with Crippen LogP contribution in [0.2, 0.25) is 0 Å². The number of hydrogen-bond acceptors (Lipinski definition) is 7. The molecule has 24 heavy (non-hydrogen) atoms. The molecule has 0 aliphatic carbocycles. The van der Waals surface area contributed by atoms with Gasteiger partial charge in [0.15, 0.2) is 5.82 Å². The number of ether oxygens (including phenoxy) is 2. The molecule has 0 spiro atoms. The number of likely N-dealkylation sites (N-methyl/N-ethyl adjacent to an activating group) is 1. The first-order valence-corrected chi connectivity index (χ1v) is 8.09. The molecule has 7 nitrogen and oxygen atoms in total. The van der Waals surface area contributed by atoms with E-state index in [9.17, 15) is 0 Å². The van der Waals surface area contributed by atoms with Crippen molar-refractivity contribution in [1.29, 1.82) is 0 Å². The minimum atomic E-state index is 0. The van der Waals surface area contributed by atoms with Crippen LogP contribution in [0.3, 0.4) is 0 Å². The zero-order valence-corrected chi connectivity index (χ0v) is 16.1. The number of nitrogens with one attached hydrogen (secondary N) is 1. The Bertz CT molecular complexity index is 672. The molecule has 1 aromatic heterocycles. The lowest BCUT2D eigenvalue weighted by molar-refractivity contribution is 0.190. The van der Waals surface area contributed by atoms with Crippen LogP contribution in [0.4, 0.5) is 0 Å². The molecule has 1 fully saturated rings. The summed E-state index contributed by atoms with van der Waals surface area (Å²) < 4.78 is 16.9. The molecule has 0 amide bonds. The Morgan fingerprint density at radius 3 is 2.54 bits per heavy atom. The molecule has 9 heteroatoms. The zero-order valence-electron chi connectivity index (χ0n) is 13.7. The average Bonchev–Trinajstić information content (AvgIpc) is 3.05. The molecule has 3 rings (SSSR count). The molecule has 1 aromatic carbocycles. The molecule has 0 saturated carbocycles. The maximum atomic E-state index is 5.45. The molecular formula is C15H20BrClN4O3. The number of rotatable bonds is 4. The topological polar surface area (TPSA) is 72.7 Å². The van der Waals surface area contributed by atoms with E-state index in [1.54, 1.807) is 14.2 Å². The van der Waals surface area contributed by atoms with E-state index in [2.05, 4.69) is 43.3 Å². The molecule has 132 valence electrons. The van der Waals surface area contributed by atoms with Crippen LogP contribution in [0.5, 0.6) is 11.5 Å². The highest BCUT2D eigenvalue weighted by Gasteiger charge is 2.26. The van der Waals surface area contributed by atoms with Crippen LogP contribution in [0.15, 0.2) is 21.1 Å². The monoisotopic (exact) mass is 418 g/mol. The van der Waals surface area contributed by atoms with Crippen LogP contribution in [0.25, 0.3) is 11.5 Å². The highest BCUT2D eigenvalue weighted by Crippen LogP contribution is 2.38. The Morgan fingerprint density at radius 2 is 1.96 bits per heavy atom. The third-order valence-corrected chi connectivity index (χ3v) is 4.73. The van der Waals surface area contributed by atoms with Crippen LogP contribution in [0.1, 0.15) is 11.9 Å². The van der Waals surface area contributed by atoms with Crippen molar-refractivity contribution in [3.8, 4) is 23.0 Å². The standard InChI is InChI=1S/C15H19BrN4O3.ClH/c1-20-5-4-17-8-10(20)14-18-15(23-19-14)9-6-11(21-2)13(16)12(7-9)22-3;/h6-7,10,17H,4-5,8H2,1-3H3;1H. The van der Waals surface area contributed by atoms with E-state index in [4.69, 9.17) is 14.0 Å². The van der Waals surface area contributed by atoms with Gasteiger partial charge in [0.05, 0.1) is 20.3 Å². The second kappa shape index (κ2) is 8.15. The van der Waals surface area contributed by atoms with E-state index < -0.39 is 0 Å². The Labute approximate surface area is 155 Å². The van der Waals surface area contributed by atoms with Crippen LogP contribution in [-0.2, 0) is 0 Å². The fraction of sp³-hybridized carbons (Fsp3) is 0.467. The van der Waals surface area contributed by atoms with Gasteiger partial charge in [-0.3, -0.25) is 4.90 Å². The summed E-state index contributed by atoms with van der Waals surface area (Å²) >= 11 is 3.45. The van der Waals surface area contributed by atoms with Crippen molar-refractivity contribution >= 4 is 28.3 Å². The number of piperazine rings is 1. The van der Waals surface area contributed by atoms with Crippen molar-refractivity contribution in [2.45, 2.75) is 6.04 Å². The molecule has 1 N–H and O–H groups in total. The fourth-order valence-corrected chi connectivity index (χ4v) is 3.13. The van der Waals surface area contributed by atoms with Gasteiger partial charge in [0.1, 0.15) is 16.0 Å². The molecule has 0 bridgehead atoms. The molecule has 0 radical (unpaired) electrons. The number of nitrogens with zero attached hydrogens (tertiary/aromatic N) is 3. The first-order valence-electron chi connectivity index (χ1n) is 7.30. The summed E-state index contributed by atoms with van der Waals surface area (Å²) in [5, 5.41) is 7.49. The van der Waals surface area contributed by atoms with E-state index in [0.29, 0.717) is 23.2 Å². The summed E-state index contributed by atoms with van der Waals surface area (Å²) in [5.41, 5.74) is 0.757. The number of methoxy groups -OCH3 is 2. The lowest BCUT2D eigenvalue weighted by atomic mass is 10.2. The quantitative estimate of drug-likeness (QED) is 0.816. The van der Waals surface area contributed by atoms with Gasteiger partial charge < -0.3 is 19.3 Å². The lowest BCUT2D eigenvalue weighted by Crippen LogP contribution is -2.44. The van der Waals surface area contributed by atoms with E-state index in [1.165, 1.54) is 0 Å². The van der Waals surface area contributed by atoms with Gasteiger partial charge in [0.2, 0.25) is 0 Å². The maximum Gasteiger partial charge on any atom is 0.258 e. The van der Waals surface area contributed by atoms with E-state index >= 15 is 0 Å². The van der Waals surface area contributed by atoms with Crippen molar-refractivity contribution in [3.63, 3.8) is 0 Å². The summed E-state index contributed by atoms with van der Waals surface area (Å²) in [6.07, 6.45) is 0. The van der Waals surface area contributed by atoms with Crippen LogP contribution < -0.4 is 14.8 Å². The number of halogens is 2. The fourth-order valence-electron chi connectivity index (χ4n) is 2.57. The van der Waals surface area contributed by atoms with Gasteiger partial charge in [0, 0.05) is 25.2 Å². The van der Waals surface area contributed by atoms with Gasteiger partial charge in [-0.15, -0.1) is 12.4 Å². The Kier molecular flexibility index (Phi) is 6.45. The van der Waals surface area contributed by atoms with Gasteiger partial charge in [-0.1, -0.05) is 5.16 Å². The molecule has 2 aromatic rings. The largest absolute Gasteiger partial charge is 0.495 e. The number of hydrogen-bond donors (Lipinski definition) is 1. The Hall–Kier alpha value is -1.35. The molecule has 1 aliphatic heterocycles. The maximum absolute atomic E-state index is 5.45. The van der Waals surface area contributed by atoms with Crippen molar-refractivity contribution < 1.29 is 14.0 Å². The first kappa shape index (κ1) is 19.0. The highest BCUT2D eigenvalue weighted by molar-refractivity contribution is 9.10. The van der Waals surface area contributed by atoms with Gasteiger partial charge in [-0.25, -0.2) is 0 Å². The van der Waals surface area contributed by atoms with Crippen LogP contribution in [0, 0.1) is 0 Å². The molecule has 1 aliphatic rings. The van der Waals surface area contributed by atoms with Crippen LogP contribution in [-0.4, -0.2) is 55.9 Å². The minimum Gasteiger partial charge on any atom is -0.495 e. The van der Waals surface area contributed by atoms with Crippen molar-refractivity contribution in [1.82, 2.24) is 20.4 Å². The van der Waals surface area contributed by atoms with Crippen molar-refractivity contribution in [3.05, 3.63) is 22.4 Å². The van der Waals surface area contributed by atoms with E-state index in [1.807, 2.05) is 12.1 Å². The molecule has 1 saturated heterocycles. The third kappa shape index (κ3) is 3.66. The number of benzene rings is 1. The normalized spacial score (nSPS) is 18.1. The average molecular weight is 420 g/mol. The van der Waals surface area contributed by atoms with Crippen LogP contribution >= 0.6 is 28.3 Å². The van der Waals surface area contributed by atoms with Crippen molar-refractivity contribution in [2.75, 3.05) is 40.9 Å². The second-order valence-electron chi connectivity index (χ2n) is 5.35. The van der Waals surface area contributed by atoms with Crippen molar-refractivity contribution in [2.24, 2.45) is 0 Å².